The first-order valence-electron chi connectivity index (χ1n) is 10.1. The lowest BCUT2D eigenvalue weighted by molar-refractivity contribution is -0.131. The fourth-order valence-corrected chi connectivity index (χ4v) is 5.05. The number of carbonyl (C=O) groups is 2. The molecule has 1 N–H and O–H groups in total. The number of nitrogens with one attached hydrogen (secondary N) is 1. The molecule has 0 aromatic heterocycles. The number of carbonyl (C=O) groups excluding carboxylic acids is 2. The van der Waals surface area contributed by atoms with Crippen LogP contribution in [0, 0.1) is 0 Å². The second-order valence-electron chi connectivity index (χ2n) is 7.28. The Balaban J connectivity index is 1.31. The first-order valence-corrected chi connectivity index (χ1v) is 11.9. The highest BCUT2D eigenvalue weighted by Crippen LogP contribution is 2.33. The fourth-order valence-electron chi connectivity index (χ4n) is 3.48. The summed E-state index contributed by atoms with van der Waals surface area (Å²) in [5.74, 6) is 0.271. The van der Waals surface area contributed by atoms with Gasteiger partial charge in [-0.25, -0.2) is 8.42 Å². The van der Waals surface area contributed by atoms with Crippen molar-refractivity contribution in [3.05, 3.63) is 53.1 Å². The zero-order valence-electron chi connectivity index (χ0n) is 17.1. The number of amides is 2. The lowest BCUT2D eigenvalue weighted by Gasteiger charge is -2.34. The quantitative estimate of drug-likeness (QED) is 0.694. The molecule has 0 unspecified atom stereocenters. The minimum Gasteiger partial charge on any atom is -0.486 e. The number of halogens is 1. The Morgan fingerprint density at radius 1 is 0.938 bits per heavy atom. The van der Waals surface area contributed by atoms with Crippen LogP contribution in [-0.2, 0) is 14.8 Å². The van der Waals surface area contributed by atoms with Gasteiger partial charge < -0.3 is 19.7 Å². The number of benzene rings is 2. The number of nitrogens with zero attached hydrogens (tertiary/aromatic N) is 2. The molecule has 1 saturated heterocycles. The van der Waals surface area contributed by atoms with Crippen LogP contribution in [0.2, 0.25) is 5.02 Å². The van der Waals surface area contributed by atoms with Crippen molar-refractivity contribution >= 4 is 33.4 Å². The summed E-state index contributed by atoms with van der Waals surface area (Å²) in [6, 6.07) is 10.9. The number of sulfonamides is 1. The van der Waals surface area contributed by atoms with Gasteiger partial charge in [0, 0.05) is 42.8 Å². The zero-order valence-corrected chi connectivity index (χ0v) is 18.7. The van der Waals surface area contributed by atoms with Gasteiger partial charge in [-0.05, 0) is 36.4 Å². The normalized spacial score (nSPS) is 16.5. The van der Waals surface area contributed by atoms with Gasteiger partial charge in [-0.2, -0.15) is 4.31 Å². The van der Waals surface area contributed by atoms with Gasteiger partial charge in [0.2, 0.25) is 15.9 Å². The third-order valence-corrected chi connectivity index (χ3v) is 7.40. The Hall–Kier alpha value is -2.82. The molecule has 32 heavy (non-hydrogen) atoms. The van der Waals surface area contributed by atoms with Crippen LogP contribution in [0.25, 0.3) is 0 Å². The van der Waals surface area contributed by atoms with E-state index in [1.165, 1.54) is 21.3 Å². The molecule has 11 heteroatoms. The highest BCUT2D eigenvalue weighted by atomic mass is 35.5. The number of hydrogen-bond acceptors (Lipinski definition) is 6. The minimum absolute atomic E-state index is 0.122. The van der Waals surface area contributed by atoms with Gasteiger partial charge in [-0.15, -0.1) is 0 Å². The van der Waals surface area contributed by atoms with E-state index in [1.807, 2.05) is 0 Å². The lowest BCUT2D eigenvalue weighted by atomic mass is 10.2. The Morgan fingerprint density at radius 3 is 2.28 bits per heavy atom. The van der Waals surface area contributed by atoms with E-state index in [1.54, 1.807) is 30.3 Å². The maximum atomic E-state index is 13.0. The Kier molecular flexibility index (Phi) is 6.54. The van der Waals surface area contributed by atoms with E-state index in [-0.39, 0.29) is 49.4 Å². The minimum atomic E-state index is -3.73. The lowest BCUT2D eigenvalue weighted by Crippen LogP contribution is -2.52. The first-order chi connectivity index (χ1) is 15.3. The van der Waals surface area contributed by atoms with Crippen molar-refractivity contribution in [1.29, 1.82) is 0 Å². The number of ether oxygens (including phenoxy) is 2. The van der Waals surface area contributed by atoms with E-state index in [0.29, 0.717) is 35.3 Å². The van der Waals surface area contributed by atoms with Crippen LogP contribution in [0.3, 0.4) is 0 Å². The average Bonchev–Trinajstić information content (AvgIpc) is 2.82. The van der Waals surface area contributed by atoms with Crippen LogP contribution in [0.1, 0.15) is 10.4 Å². The van der Waals surface area contributed by atoms with Crippen molar-refractivity contribution in [2.75, 3.05) is 45.9 Å². The Bertz CT molecular complexity index is 1110. The number of fused-ring (bicyclic) bond motifs is 1. The van der Waals surface area contributed by atoms with E-state index < -0.39 is 10.0 Å². The van der Waals surface area contributed by atoms with E-state index in [2.05, 4.69) is 5.32 Å². The van der Waals surface area contributed by atoms with E-state index in [0.717, 1.165) is 0 Å². The molecule has 2 aliphatic heterocycles. The molecule has 4 rings (SSSR count). The summed E-state index contributed by atoms with van der Waals surface area (Å²) in [6.07, 6.45) is 0. The summed E-state index contributed by atoms with van der Waals surface area (Å²) in [5, 5.41) is 3.10. The van der Waals surface area contributed by atoms with Gasteiger partial charge in [0.1, 0.15) is 13.2 Å². The van der Waals surface area contributed by atoms with Crippen molar-refractivity contribution in [2.45, 2.75) is 4.90 Å². The Labute approximate surface area is 190 Å². The van der Waals surface area contributed by atoms with Gasteiger partial charge in [0.25, 0.3) is 5.91 Å². The number of hydrogen-bond donors (Lipinski definition) is 1. The zero-order chi connectivity index (χ0) is 22.7. The standard InChI is InChI=1S/C21H22ClN3O6S/c22-16-3-1-15(2-4-16)21(27)23-14-20(26)24-7-9-25(10-8-24)32(28,29)17-5-6-18-19(13-17)31-12-11-30-18/h1-6,13H,7-12,14H2,(H,23,27). The monoisotopic (exact) mass is 479 g/mol. The van der Waals surface area contributed by atoms with Crippen molar-refractivity contribution in [1.82, 2.24) is 14.5 Å². The molecule has 0 aliphatic carbocycles. The molecule has 0 spiro atoms. The van der Waals surface area contributed by atoms with Crippen molar-refractivity contribution in [3.63, 3.8) is 0 Å². The summed E-state index contributed by atoms with van der Waals surface area (Å²) in [7, 11) is -3.73. The largest absolute Gasteiger partial charge is 0.486 e. The highest BCUT2D eigenvalue weighted by molar-refractivity contribution is 7.89. The van der Waals surface area contributed by atoms with Crippen molar-refractivity contribution in [2.24, 2.45) is 0 Å². The molecular formula is C21H22ClN3O6S. The van der Waals surface area contributed by atoms with Crippen LogP contribution in [0.4, 0.5) is 0 Å². The molecule has 2 aliphatic rings. The first kappa shape index (κ1) is 22.4. The third kappa shape index (κ3) is 4.82. The highest BCUT2D eigenvalue weighted by Gasteiger charge is 2.31. The van der Waals surface area contributed by atoms with Crippen molar-refractivity contribution < 1.29 is 27.5 Å². The predicted octanol–water partition coefficient (Wildman–Crippen LogP) is 1.37. The SMILES string of the molecule is O=C(NCC(=O)N1CCN(S(=O)(=O)c2ccc3c(c2)OCCO3)CC1)c1ccc(Cl)cc1. The molecule has 170 valence electrons. The number of piperazine rings is 1. The van der Waals surface area contributed by atoms with Gasteiger partial charge in [-0.1, -0.05) is 11.6 Å². The molecule has 2 heterocycles. The van der Waals surface area contributed by atoms with E-state index in [4.69, 9.17) is 21.1 Å². The van der Waals surface area contributed by atoms with Crippen LogP contribution in [0.5, 0.6) is 11.5 Å². The summed E-state index contributed by atoms with van der Waals surface area (Å²) in [5.41, 5.74) is 0.401. The van der Waals surface area contributed by atoms with Crippen LogP contribution < -0.4 is 14.8 Å². The maximum Gasteiger partial charge on any atom is 0.251 e. The second-order valence-corrected chi connectivity index (χ2v) is 9.65. The molecular weight excluding hydrogens is 458 g/mol. The third-order valence-electron chi connectivity index (χ3n) is 5.25. The molecule has 2 aromatic carbocycles. The van der Waals surface area contributed by atoms with Gasteiger partial charge in [-0.3, -0.25) is 9.59 Å². The number of rotatable bonds is 5. The Morgan fingerprint density at radius 2 is 1.59 bits per heavy atom. The fraction of sp³-hybridized carbons (Fsp3) is 0.333. The summed E-state index contributed by atoms with van der Waals surface area (Å²) in [4.78, 5) is 26.3. The topological polar surface area (TPSA) is 105 Å². The van der Waals surface area contributed by atoms with Crippen LogP contribution in [-0.4, -0.2) is 75.4 Å². The maximum absolute atomic E-state index is 13.0. The molecule has 0 radical (unpaired) electrons. The van der Waals surface area contributed by atoms with Gasteiger partial charge in [0.05, 0.1) is 11.4 Å². The van der Waals surface area contributed by atoms with Gasteiger partial charge >= 0.3 is 0 Å². The summed E-state index contributed by atoms with van der Waals surface area (Å²) >= 11 is 5.81. The van der Waals surface area contributed by atoms with E-state index >= 15 is 0 Å². The van der Waals surface area contributed by atoms with E-state index in [9.17, 15) is 18.0 Å². The molecule has 2 aromatic rings. The van der Waals surface area contributed by atoms with Gasteiger partial charge in [0.15, 0.2) is 11.5 Å². The van der Waals surface area contributed by atoms with Crippen molar-refractivity contribution in [3.8, 4) is 11.5 Å². The van der Waals surface area contributed by atoms with Crippen LogP contribution in [0.15, 0.2) is 47.4 Å². The summed E-state index contributed by atoms with van der Waals surface area (Å²) < 4.78 is 38.3. The predicted molar refractivity (Wildman–Crippen MR) is 117 cm³/mol. The molecule has 2 amide bonds. The smallest absolute Gasteiger partial charge is 0.251 e. The summed E-state index contributed by atoms with van der Waals surface area (Å²) in [6.45, 7) is 1.41. The molecule has 9 nitrogen and oxygen atoms in total. The second kappa shape index (κ2) is 9.35. The van der Waals surface area contributed by atoms with Crippen LogP contribution >= 0.6 is 11.6 Å². The molecule has 0 saturated carbocycles. The molecule has 0 atom stereocenters. The molecule has 1 fully saturated rings. The molecule has 0 bridgehead atoms. The average molecular weight is 480 g/mol.